The van der Waals surface area contributed by atoms with Gasteiger partial charge in [0.25, 0.3) is 5.91 Å². The molecule has 0 heterocycles. The Balaban J connectivity index is 2.26. The highest BCUT2D eigenvalue weighted by atomic mass is 127. The standard InChI is InChI=1S/C16H13IN2O4/c1-2-15(22)18-10-4-6-13(20)11(8-10)16(23)19-12-5-3-9(17)7-14(12)21/h2-8,20-21H,1H2,(H,18,22)(H,19,23). The van der Waals surface area contributed by atoms with Gasteiger partial charge in [-0.15, -0.1) is 0 Å². The highest BCUT2D eigenvalue weighted by Crippen LogP contribution is 2.27. The fraction of sp³-hybridized carbons (Fsp3) is 0. The van der Waals surface area contributed by atoms with E-state index in [0.29, 0.717) is 5.69 Å². The Bertz CT molecular complexity index is 790. The van der Waals surface area contributed by atoms with E-state index in [1.54, 1.807) is 12.1 Å². The van der Waals surface area contributed by atoms with Gasteiger partial charge in [-0.3, -0.25) is 9.59 Å². The summed E-state index contributed by atoms with van der Waals surface area (Å²) in [5.41, 5.74) is 0.518. The number of carbonyl (C=O) groups excluding carboxylic acids is 2. The summed E-state index contributed by atoms with van der Waals surface area (Å²) in [5, 5.41) is 24.6. The van der Waals surface area contributed by atoms with Crippen LogP contribution in [0.1, 0.15) is 10.4 Å². The summed E-state index contributed by atoms with van der Waals surface area (Å²) >= 11 is 2.03. The predicted octanol–water partition coefficient (Wildman–Crippen LogP) is 3.08. The molecule has 0 aromatic heterocycles. The summed E-state index contributed by atoms with van der Waals surface area (Å²) in [6.45, 7) is 3.34. The van der Waals surface area contributed by atoms with Gasteiger partial charge < -0.3 is 20.8 Å². The largest absolute Gasteiger partial charge is 0.507 e. The number of phenols is 2. The number of hydrogen-bond donors (Lipinski definition) is 4. The lowest BCUT2D eigenvalue weighted by Crippen LogP contribution is -2.14. The van der Waals surface area contributed by atoms with Crippen LogP contribution in [-0.2, 0) is 4.79 Å². The van der Waals surface area contributed by atoms with Crippen molar-refractivity contribution < 1.29 is 19.8 Å². The lowest BCUT2D eigenvalue weighted by atomic mass is 10.1. The Morgan fingerprint density at radius 2 is 1.78 bits per heavy atom. The molecule has 0 fully saturated rings. The maximum absolute atomic E-state index is 12.3. The molecule has 0 saturated carbocycles. The first kappa shape index (κ1) is 16.8. The van der Waals surface area contributed by atoms with E-state index in [2.05, 4.69) is 17.2 Å². The first-order valence-corrected chi connectivity index (χ1v) is 7.55. The Morgan fingerprint density at radius 1 is 1.04 bits per heavy atom. The predicted molar refractivity (Wildman–Crippen MR) is 95.7 cm³/mol. The van der Waals surface area contributed by atoms with Gasteiger partial charge in [0, 0.05) is 9.26 Å². The monoisotopic (exact) mass is 424 g/mol. The van der Waals surface area contributed by atoms with Gasteiger partial charge in [0.1, 0.15) is 11.5 Å². The fourth-order valence-corrected chi connectivity index (χ4v) is 2.26. The van der Waals surface area contributed by atoms with Crippen LogP contribution in [0, 0.1) is 3.57 Å². The molecule has 6 nitrogen and oxygen atoms in total. The average Bonchev–Trinajstić information content (AvgIpc) is 2.51. The minimum absolute atomic E-state index is 0.0372. The fourth-order valence-electron chi connectivity index (χ4n) is 1.79. The van der Waals surface area contributed by atoms with Gasteiger partial charge in [0.15, 0.2) is 0 Å². The third-order valence-corrected chi connectivity index (χ3v) is 3.57. The number of hydrogen-bond acceptors (Lipinski definition) is 4. The maximum Gasteiger partial charge on any atom is 0.259 e. The summed E-state index contributed by atoms with van der Waals surface area (Å²) in [6, 6.07) is 8.84. The molecule has 2 amide bonds. The van der Waals surface area contributed by atoms with Crippen LogP contribution < -0.4 is 10.6 Å². The Morgan fingerprint density at radius 3 is 2.43 bits per heavy atom. The van der Waals surface area contributed by atoms with E-state index in [1.807, 2.05) is 22.6 Å². The topological polar surface area (TPSA) is 98.7 Å². The van der Waals surface area contributed by atoms with Gasteiger partial charge >= 0.3 is 0 Å². The van der Waals surface area contributed by atoms with Crippen molar-refractivity contribution in [1.82, 2.24) is 0 Å². The quantitative estimate of drug-likeness (QED) is 0.263. The van der Waals surface area contributed by atoms with Crippen molar-refractivity contribution >= 4 is 45.8 Å². The van der Waals surface area contributed by atoms with Gasteiger partial charge in [-0.25, -0.2) is 0 Å². The van der Waals surface area contributed by atoms with Crippen LogP contribution in [0.3, 0.4) is 0 Å². The van der Waals surface area contributed by atoms with Crippen LogP contribution >= 0.6 is 22.6 Å². The lowest BCUT2D eigenvalue weighted by Gasteiger charge is -2.10. The van der Waals surface area contributed by atoms with Gasteiger partial charge in [-0.2, -0.15) is 0 Å². The summed E-state index contributed by atoms with van der Waals surface area (Å²) < 4.78 is 0.815. The van der Waals surface area contributed by atoms with Crippen LogP contribution in [0.5, 0.6) is 11.5 Å². The van der Waals surface area contributed by atoms with Crippen LogP contribution in [0.25, 0.3) is 0 Å². The number of benzene rings is 2. The van der Waals surface area contributed by atoms with E-state index in [0.717, 1.165) is 9.65 Å². The second kappa shape index (κ2) is 7.14. The van der Waals surface area contributed by atoms with Crippen LogP contribution in [0.4, 0.5) is 11.4 Å². The van der Waals surface area contributed by atoms with Gasteiger partial charge in [0.2, 0.25) is 5.91 Å². The normalized spacial score (nSPS) is 9.96. The molecule has 0 unspecified atom stereocenters. The van der Waals surface area contributed by atoms with E-state index < -0.39 is 11.8 Å². The van der Waals surface area contributed by atoms with Crippen LogP contribution in [0.2, 0.25) is 0 Å². The van der Waals surface area contributed by atoms with Crippen LogP contribution in [0.15, 0.2) is 49.1 Å². The second-order valence-corrected chi connectivity index (χ2v) is 5.79. The van der Waals surface area contributed by atoms with Crippen molar-refractivity contribution in [1.29, 1.82) is 0 Å². The molecule has 0 aliphatic carbocycles. The lowest BCUT2D eigenvalue weighted by molar-refractivity contribution is -0.111. The zero-order valence-corrected chi connectivity index (χ0v) is 14.0. The Kier molecular flexibility index (Phi) is 5.22. The van der Waals surface area contributed by atoms with Crippen molar-refractivity contribution in [3.63, 3.8) is 0 Å². The molecule has 2 aromatic carbocycles. The highest BCUT2D eigenvalue weighted by molar-refractivity contribution is 14.1. The minimum Gasteiger partial charge on any atom is -0.507 e. The first-order chi connectivity index (χ1) is 10.9. The molecule has 0 radical (unpaired) electrons. The molecule has 7 heteroatoms. The van der Waals surface area contributed by atoms with Gasteiger partial charge in [-0.05, 0) is 65.1 Å². The third kappa shape index (κ3) is 4.22. The average molecular weight is 424 g/mol. The number of anilines is 2. The molecule has 0 saturated heterocycles. The number of nitrogens with one attached hydrogen (secondary N) is 2. The molecule has 23 heavy (non-hydrogen) atoms. The number of phenolic OH excluding ortho intramolecular Hbond substituents is 2. The van der Waals surface area contributed by atoms with E-state index in [-0.39, 0.29) is 22.7 Å². The van der Waals surface area contributed by atoms with Crippen molar-refractivity contribution in [3.8, 4) is 11.5 Å². The van der Waals surface area contributed by atoms with Crippen molar-refractivity contribution in [2.75, 3.05) is 10.6 Å². The summed E-state index contributed by atoms with van der Waals surface area (Å²) in [5.74, 6) is -1.38. The first-order valence-electron chi connectivity index (χ1n) is 6.47. The Labute approximate surface area is 146 Å². The van der Waals surface area contributed by atoms with E-state index in [1.165, 1.54) is 24.3 Å². The summed E-state index contributed by atoms with van der Waals surface area (Å²) in [7, 11) is 0. The molecule has 2 aromatic rings. The number of halogens is 1. The van der Waals surface area contributed by atoms with Gasteiger partial charge in [-0.1, -0.05) is 6.58 Å². The molecule has 4 N–H and O–H groups in total. The molecule has 118 valence electrons. The Hall–Kier alpha value is -2.55. The smallest absolute Gasteiger partial charge is 0.259 e. The molecule has 0 spiro atoms. The SMILES string of the molecule is C=CC(=O)Nc1ccc(O)c(C(=O)Nc2ccc(I)cc2O)c1. The van der Waals surface area contributed by atoms with Crippen molar-refractivity contribution in [2.45, 2.75) is 0 Å². The minimum atomic E-state index is -0.617. The molecule has 0 aliphatic rings. The zero-order chi connectivity index (χ0) is 17.0. The van der Waals surface area contributed by atoms with E-state index in [4.69, 9.17) is 0 Å². The zero-order valence-electron chi connectivity index (χ0n) is 11.8. The number of carbonyl (C=O) groups is 2. The number of aromatic hydroxyl groups is 2. The van der Waals surface area contributed by atoms with E-state index in [9.17, 15) is 19.8 Å². The van der Waals surface area contributed by atoms with E-state index >= 15 is 0 Å². The van der Waals surface area contributed by atoms with Crippen molar-refractivity contribution in [2.24, 2.45) is 0 Å². The maximum atomic E-state index is 12.3. The second-order valence-electron chi connectivity index (χ2n) is 4.54. The molecular weight excluding hydrogens is 411 g/mol. The van der Waals surface area contributed by atoms with Gasteiger partial charge in [0.05, 0.1) is 11.3 Å². The summed E-state index contributed by atoms with van der Waals surface area (Å²) in [4.78, 5) is 23.6. The number of rotatable bonds is 4. The molecule has 0 bridgehead atoms. The summed E-state index contributed by atoms with van der Waals surface area (Å²) in [6.07, 6.45) is 1.09. The highest BCUT2D eigenvalue weighted by Gasteiger charge is 2.14. The molecular formula is C16H13IN2O4. The number of amides is 2. The van der Waals surface area contributed by atoms with Crippen LogP contribution in [-0.4, -0.2) is 22.0 Å². The van der Waals surface area contributed by atoms with Crippen molar-refractivity contribution in [3.05, 3.63) is 58.2 Å². The molecule has 0 atom stereocenters. The third-order valence-electron chi connectivity index (χ3n) is 2.90. The molecule has 2 rings (SSSR count). The molecule has 0 aliphatic heterocycles.